The Hall–Kier alpha value is -1.20. The van der Waals surface area contributed by atoms with Crippen LogP contribution in [0.25, 0.3) is 0 Å². The maximum atomic E-state index is 5.62. The summed E-state index contributed by atoms with van der Waals surface area (Å²) in [7, 11) is 0. The number of aromatic nitrogens is 2. The van der Waals surface area contributed by atoms with Crippen molar-refractivity contribution >= 4 is 5.82 Å². The predicted octanol–water partition coefficient (Wildman–Crippen LogP) is 0.874. The molecule has 1 fully saturated rings. The van der Waals surface area contributed by atoms with Gasteiger partial charge in [-0.1, -0.05) is 0 Å². The molecule has 1 aliphatic rings. The lowest BCUT2D eigenvalue weighted by Gasteiger charge is -2.21. The SMILES string of the molecule is NNc1ccnc(CC2CCCCO2)n1. The monoisotopic (exact) mass is 208 g/mol. The van der Waals surface area contributed by atoms with Crippen LogP contribution >= 0.6 is 0 Å². The zero-order valence-electron chi connectivity index (χ0n) is 8.65. The van der Waals surface area contributed by atoms with Crippen LogP contribution in [0.1, 0.15) is 25.1 Å². The summed E-state index contributed by atoms with van der Waals surface area (Å²) in [4.78, 5) is 8.45. The first kappa shape index (κ1) is 10.3. The molecule has 1 aromatic heterocycles. The molecular weight excluding hydrogens is 192 g/mol. The van der Waals surface area contributed by atoms with Gasteiger partial charge < -0.3 is 10.2 Å². The molecule has 1 saturated heterocycles. The second-order valence-electron chi connectivity index (χ2n) is 3.70. The molecule has 0 amide bonds. The Morgan fingerprint density at radius 3 is 3.20 bits per heavy atom. The van der Waals surface area contributed by atoms with E-state index in [1.807, 2.05) is 0 Å². The summed E-state index contributed by atoms with van der Waals surface area (Å²) in [5.74, 6) is 6.72. The van der Waals surface area contributed by atoms with Crippen molar-refractivity contribution in [1.29, 1.82) is 0 Å². The maximum absolute atomic E-state index is 5.62. The Bertz CT molecular complexity index is 312. The summed E-state index contributed by atoms with van der Waals surface area (Å²) in [5.41, 5.74) is 2.51. The van der Waals surface area contributed by atoms with Gasteiger partial charge in [-0.25, -0.2) is 15.8 Å². The topological polar surface area (TPSA) is 73.1 Å². The van der Waals surface area contributed by atoms with Crippen molar-refractivity contribution in [2.24, 2.45) is 5.84 Å². The highest BCUT2D eigenvalue weighted by atomic mass is 16.5. The molecule has 0 radical (unpaired) electrons. The molecule has 1 atom stereocenters. The van der Waals surface area contributed by atoms with Gasteiger partial charge in [-0.05, 0) is 19.3 Å². The third kappa shape index (κ3) is 2.87. The van der Waals surface area contributed by atoms with E-state index in [9.17, 15) is 0 Å². The zero-order valence-corrected chi connectivity index (χ0v) is 8.65. The lowest BCUT2D eigenvalue weighted by atomic mass is 10.1. The van der Waals surface area contributed by atoms with Gasteiger partial charge in [0.25, 0.3) is 0 Å². The number of ether oxygens (including phenoxy) is 1. The molecule has 0 saturated carbocycles. The van der Waals surface area contributed by atoms with Crippen molar-refractivity contribution in [2.45, 2.75) is 31.8 Å². The number of nitrogens with zero attached hydrogens (tertiary/aromatic N) is 2. The first-order chi connectivity index (χ1) is 7.38. The number of hydrogen-bond acceptors (Lipinski definition) is 5. The van der Waals surface area contributed by atoms with Gasteiger partial charge in [0.05, 0.1) is 6.10 Å². The summed E-state index contributed by atoms with van der Waals surface area (Å²) >= 11 is 0. The van der Waals surface area contributed by atoms with Gasteiger partial charge in [-0.2, -0.15) is 0 Å². The molecule has 15 heavy (non-hydrogen) atoms. The van der Waals surface area contributed by atoms with E-state index >= 15 is 0 Å². The third-order valence-corrected chi connectivity index (χ3v) is 2.54. The van der Waals surface area contributed by atoms with Crippen molar-refractivity contribution in [3.63, 3.8) is 0 Å². The number of nitrogens with two attached hydrogens (primary N) is 1. The van der Waals surface area contributed by atoms with E-state index in [1.165, 1.54) is 12.8 Å². The Morgan fingerprint density at radius 1 is 1.53 bits per heavy atom. The smallest absolute Gasteiger partial charge is 0.143 e. The standard InChI is InChI=1S/C10H16N4O/c11-14-9-4-5-12-10(13-9)7-8-3-1-2-6-15-8/h4-5,8H,1-3,6-7,11H2,(H,12,13,14). The van der Waals surface area contributed by atoms with Crippen LogP contribution in [0.15, 0.2) is 12.3 Å². The Labute approximate surface area is 89.0 Å². The minimum Gasteiger partial charge on any atom is -0.378 e. The predicted molar refractivity (Wildman–Crippen MR) is 57.1 cm³/mol. The average molecular weight is 208 g/mol. The molecule has 0 aliphatic carbocycles. The molecule has 2 rings (SSSR count). The van der Waals surface area contributed by atoms with E-state index in [0.29, 0.717) is 5.82 Å². The van der Waals surface area contributed by atoms with Gasteiger partial charge in [0.15, 0.2) is 0 Å². The number of nitrogens with one attached hydrogen (secondary N) is 1. The van der Waals surface area contributed by atoms with Gasteiger partial charge in [-0.15, -0.1) is 0 Å². The first-order valence-electron chi connectivity index (χ1n) is 5.28. The van der Waals surface area contributed by atoms with Crippen molar-refractivity contribution in [3.8, 4) is 0 Å². The van der Waals surface area contributed by atoms with E-state index < -0.39 is 0 Å². The largest absolute Gasteiger partial charge is 0.378 e. The van der Waals surface area contributed by atoms with E-state index in [-0.39, 0.29) is 6.10 Å². The number of hydrazine groups is 1. The average Bonchev–Trinajstić information content (AvgIpc) is 2.31. The minimum atomic E-state index is 0.270. The van der Waals surface area contributed by atoms with Crippen molar-refractivity contribution in [2.75, 3.05) is 12.0 Å². The van der Waals surface area contributed by atoms with Gasteiger partial charge in [-0.3, -0.25) is 0 Å². The minimum absolute atomic E-state index is 0.270. The quantitative estimate of drug-likeness (QED) is 0.569. The molecule has 1 aliphatic heterocycles. The molecule has 82 valence electrons. The Kier molecular flexibility index (Phi) is 3.47. The van der Waals surface area contributed by atoms with Crippen LogP contribution in [-0.2, 0) is 11.2 Å². The fourth-order valence-corrected chi connectivity index (χ4v) is 1.75. The molecule has 0 bridgehead atoms. The number of nitrogen functional groups attached to an aromatic ring is 1. The van der Waals surface area contributed by atoms with E-state index in [4.69, 9.17) is 10.6 Å². The number of hydrogen-bond donors (Lipinski definition) is 2. The number of rotatable bonds is 3. The van der Waals surface area contributed by atoms with E-state index in [1.54, 1.807) is 12.3 Å². The highest BCUT2D eigenvalue weighted by Crippen LogP contribution is 2.15. The third-order valence-electron chi connectivity index (χ3n) is 2.54. The van der Waals surface area contributed by atoms with Crippen LogP contribution in [0.2, 0.25) is 0 Å². The fourth-order valence-electron chi connectivity index (χ4n) is 1.75. The van der Waals surface area contributed by atoms with E-state index in [2.05, 4.69) is 15.4 Å². The summed E-state index contributed by atoms with van der Waals surface area (Å²) in [6.07, 6.45) is 6.26. The van der Waals surface area contributed by atoms with Crippen LogP contribution in [0.3, 0.4) is 0 Å². The van der Waals surface area contributed by atoms with Crippen molar-refractivity contribution in [3.05, 3.63) is 18.1 Å². The second kappa shape index (κ2) is 5.04. The second-order valence-corrected chi connectivity index (χ2v) is 3.70. The zero-order chi connectivity index (χ0) is 10.5. The first-order valence-corrected chi connectivity index (χ1v) is 5.28. The van der Waals surface area contributed by atoms with Gasteiger partial charge >= 0.3 is 0 Å². The summed E-state index contributed by atoms with van der Waals surface area (Å²) in [5, 5.41) is 0. The Balaban J connectivity index is 1.96. The molecule has 1 unspecified atom stereocenters. The maximum Gasteiger partial charge on any atom is 0.143 e. The number of anilines is 1. The van der Waals surface area contributed by atoms with Crippen LogP contribution < -0.4 is 11.3 Å². The molecule has 0 aromatic carbocycles. The van der Waals surface area contributed by atoms with Gasteiger partial charge in [0, 0.05) is 25.3 Å². The molecular formula is C10H16N4O. The lowest BCUT2D eigenvalue weighted by Crippen LogP contribution is -2.22. The van der Waals surface area contributed by atoms with Gasteiger partial charge in [0.2, 0.25) is 0 Å². The molecule has 0 spiro atoms. The molecule has 5 nitrogen and oxygen atoms in total. The van der Waals surface area contributed by atoms with Gasteiger partial charge in [0.1, 0.15) is 11.6 Å². The summed E-state index contributed by atoms with van der Waals surface area (Å²) < 4.78 is 5.62. The van der Waals surface area contributed by atoms with Crippen LogP contribution in [0.5, 0.6) is 0 Å². The highest BCUT2D eigenvalue weighted by Gasteiger charge is 2.15. The molecule has 5 heteroatoms. The van der Waals surface area contributed by atoms with Crippen molar-refractivity contribution in [1.82, 2.24) is 9.97 Å². The highest BCUT2D eigenvalue weighted by molar-refractivity contribution is 5.30. The molecule has 3 N–H and O–H groups in total. The summed E-state index contributed by atoms with van der Waals surface area (Å²) in [6, 6.07) is 1.74. The van der Waals surface area contributed by atoms with Crippen LogP contribution in [0.4, 0.5) is 5.82 Å². The summed E-state index contributed by atoms with van der Waals surface area (Å²) in [6.45, 7) is 0.861. The fraction of sp³-hybridized carbons (Fsp3) is 0.600. The van der Waals surface area contributed by atoms with E-state index in [0.717, 1.165) is 25.3 Å². The van der Waals surface area contributed by atoms with Crippen molar-refractivity contribution < 1.29 is 4.74 Å². The lowest BCUT2D eigenvalue weighted by molar-refractivity contribution is 0.0156. The van der Waals surface area contributed by atoms with Crippen LogP contribution in [-0.4, -0.2) is 22.7 Å². The molecule has 2 heterocycles. The Morgan fingerprint density at radius 2 is 2.47 bits per heavy atom. The van der Waals surface area contributed by atoms with Crippen LogP contribution in [0, 0.1) is 0 Å². The molecule has 1 aromatic rings. The normalized spacial score (nSPS) is 21.3.